The zero-order valence-corrected chi connectivity index (χ0v) is 14.2. The van der Waals surface area contributed by atoms with Gasteiger partial charge in [-0.1, -0.05) is 30.7 Å². The number of benzene rings is 2. The predicted octanol–water partition coefficient (Wildman–Crippen LogP) is 2.10. The van der Waals surface area contributed by atoms with Crippen molar-refractivity contribution in [3.8, 4) is 6.07 Å². The summed E-state index contributed by atoms with van der Waals surface area (Å²) in [5, 5.41) is 10.4. The summed E-state index contributed by atoms with van der Waals surface area (Å²) in [6.07, 6.45) is 0. The molecule has 0 aliphatic heterocycles. The summed E-state index contributed by atoms with van der Waals surface area (Å²) in [5.74, 6) is -0.547. The molecule has 0 aliphatic carbocycles. The standard InChI is InChI=1S/C19H17ClN2O2/c1-12(2)17(18(23)14-5-3-13(11-21)4-6-14)22-19(24)15-7-9-16(20)10-8-15/h3-10,12,17H,1-2H3,(H,22,24)/p+1. The van der Waals surface area contributed by atoms with Crippen molar-refractivity contribution >= 4 is 23.3 Å². The van der Waals surface area contributed by atoms with E-state index in [1.54, 1.807) is 48.5 Å². The van der Waals surface area contributed by atoms with Gasteiger partial charge in [0.05, 0.1) is 6.04 Å². The van der Waals surface area contributed by atoms with E-state index in [-0.39, 0.29) is 17.6 Å². The summed E-state index contributed by atoms with van der Waals surface area (Å²) >= 11 is 5.82. The van der Waals surface area contributed by atoms with Gasteiger partial charge in [-0.3, -0.25) is 9.59 Å². The Kier molecular flexibility index (Phi) is 5.73. The second-order valence-corrected chi connectivity index (χ2v) is 6.21. The van der Waals surface area contributed by atoms with Crippen LogP contribution in [-0.4, -0.2) is 17.7 Å². The van der Waals surface area contributed by atoms with E-state index in [4.69, 9.17) is 16.9 Å². The molecule has 2 rings (SSSR count). The average Bonchev–Trinajstić information content (AvgIpc) is 2.59. The number of carbonyl (C=O) groups is 2. The van der Waals surface area contributed by atoms with Crippen molar-refractivity contribution in [2.24, 2.45) is 5.92 Å². The SMILES string of the molecule is CC(C)C(NC(=O)c1ccc(Cl)cc1)C(=O)c1ccc(C#[NH+])cc1. The van der Waals surface area contributed by atoms with E-state index in [1.807, 2.05) is 13.8 Å². The quantitative estimate of drug-likeness (QED) is 0.818. The lowest BCUT2D eigenvalue weighted by Gasteiger charge is -2.21. The first-order valence-electron chi connectivity index (χ1n) is 7.56. The topological polar surface area (TPSA) is 70.0 Å². The highest BCUT2D eigenvalue weighted by molar-refractivity contribution is 6.30. The second kappa shape index (κ2) is 7.76. The largest absolute Gasteiger partial charge is 0.342 e. The Labute approximate surface area is 146 Å². The van der Waals surface area contributed by atoms with Crippen LogP contribution in [0.4, 0.5) is 0 Å². The Morgan fingerprint density at radius 2 is 1.54 bits per heavy atom. The van der Waals surface area contributed by atoms with Crippen LogP contribution in [0.1, 0.15) is 40.1 Å². The molecule has 122 valence electrons. The molecule has 0 aliphatic rings. The number of halogens is 1. The van der Waals surface area contributed by atoms with Crippen LogP contribution in [0, 0.1) is 12.0 Å². The lowest BCUT2D eigenvalue weighted by molar-refractivity contribution is -0.0909. The lowest BCUT2D eigenvalue weighted by Crippen LogP contribution is -2.44. The fraction of sp³-hybridized carbons (Fsp3) is 0.211. The maximum Gasteiger partial charge on any atom is 0.308 e. The minimum atomic E-state index is -0.636. The average molecular weight is 342 g/mol. The third kappa shape index (κ3) is 4.21. The zero-order valence-electron chi connectivity index (χ0n) is 13.5. The number of rotatable bonds is 5. The van der Waals surface area contributed by atoms with Gasteiger partial charge in [-0.05, 0) is 54.4 Å². The first-order chi connectivity index (χ1) is 11.4. The molecule has 5 heteroatoms. The van der Waals surface area contributed by atoms with Gasteiger partial charge >= 0.3 is 6.07 Å². The predicted molar refractivity (Wildman–Crippen MR) is 92.3 cm³/mol. The van der Waals surface area contributed by atoms with Crippen molar-refractivity contribution in [3.05, 3.63) is 70.2 Å². The lowest BCUT2D eigenvalue weighted by atomic mass is 9.94. The molecular formula is C19H18ClN2O2+. The second-order valence-electron chi connectivity index (χ2n) is 5.77. The highest BCUT2D eigenvalue weighted by Gasteiger charge is 2.25. The maximum absolute atomic E-state index is 12.7. The molecule has 24 heavy (non-hydrogen) atoms. The summed E-state index contributed by atoms with van der Waals surface area (Å²) in [7, 11) is 0. The monoisotopic (exact) mass is 341 g/mol. The smallest absolute Gasteiger partial charge is 0.308 e. The number of nitrogens with one attached hydrogen (secondary N) is 2. The van der Waals surface area contributed by atoms with Crippen LogP contribution in [0.2, 0.25) is 5.02 Å². The summed E-state index contributed by atoms with van der Waals surface area (Å²) in [6.45, 7) is 3.76. The summed E-state index contributed by atoms with van der Waals surface area (Å²) in [5.41, 5.74) is 1.54. The third-order valence-electron chi connectivity index (χ3n) is 3.66. The first kappa shape index (κ1) is 17.7. The van der Waals surface area contributed by atoms with Crippen molar-refractivity contribution in [2.45, 2.75) is 19.9 Å². The van der Waals surface area contributed by atoms with Gasteiger partial charge in [-0.25, -0.2) is 0 Å². The molecule has 0 bridgehead atoms. The van der Waals surface area contributed by atoms with Crippen LogP contribution in [0.15, 0.2) is 48.5 Å². The van der Waals surface area contributed by atoms with Crippen LogP contribution in [-0.2, 0) is 0 Å². The molecule has 1 unspecified atom stereocenters. The normalized spacial score (nSPS) is 11.6. The van der Waals surface area contributed by atoms with Crippen LogP contribution >= 0.6 is 11.6 Å². The van der Waals surface area contributed by atoms with E-state index < -0.39 is 6.04 Å². The molecule has 0 heterocycles. The van der Waals surface area contributed by atoms with Crippen LogP contribution in [0.5, 0.6) is 0 Å². The fourth-order valence-corrected chi connectivity index (χ4v) is 2.38. The molecule has 4 nitrogen and oxygen atoms in total. The van der Waals surface area contributed by atoms with E-state index in [2.05, 4.69) is 11.4 Å². The number of amides is 1. The molecule has 2 N–H and O–H groups in total. The molecule has 2 aromatic carbocycles. The third-order valence-corrected chi connectivity index (χ3v) is 3.91. The van der Waals surface area contributed by atoms with Crippen molar-refractivity contribution in [1.29, 1.82) is 0 Å². The van der Waals surface area contributed by atoms with Crippen LogP contribution in [0.3, 0.4) is 0 Å². The molecule has 0 saturated carbocycles. The number of carbonyl (C=O) groups excluding carboxylic acids is 2. The van der Waals surface area contributed by atoms with Crippen molar-refractivity contribution in [1.82, 2.24) is 5.32 Å². The number of hydrogen-bond acceptors (Lipinski definition) is 2. The molecule has 1 atom stereocenters. The number of hydrogen-bond donors (Lipinski definition) is 2. The van der Waals surface area contributed by atoms with Crippen molar-refractivity contribution in [3.63, 3.8) is 0 Å². The van der Waals surface area contributed by atoms with Gasteiger partial charge < -0.3 is 5.32 Å². The van der Waals surface area contributed by atoms with Crippen molar-refractivity contribution < 1.29 is 14.9 Å². The molecular weight excluding hydrogens is 324 g/mol. The molecule has 0 radical (unpaired) electrons. The van der Waals surface area contributed by atoms with Gasteiger partial charge in [-0.2, -0.15) is 0 Å². The minimum absolute atomic E-state index is 0.0669. The molecule has 2 aromatic rings. The number of ketones is 1. The summed E-state index contributed by atoms with van der Waals surface area (Å²) in [4.78, 5) is 25.1. The summed E-state index contributed by atoms with van der Waals surface area (Å²) < 4.78 is 0. The molecule has 0 fully saturated rings. The molecule has 0 spiro atoms. The molecule has 1 amide bonds. The van der Waals surface area contributed by atoms with Gasteiger partial charge in [0.25, 0.3) is 5.91 Å². The van der Waals surface area contributed by atoms with E-state index in [9.17, 15) is 9.59 Å². The van der Waals surface area contributed by atoms with Gasteiger partial charge in [0.15, 0.2) is 5.78 Å². The van der Waals surface area contributed by atoms with Gasteiger partial charge in [0.2, 0.25) is 0 Å². The highest BCUT2D eigenvalue weighted by Crippen LogP contribution is 2.14. The fourth-order valence-electron chi connectivity index (χ4n) is 2.26. The minimum Gasteiger partial charge on any atom is -0.342 e. The Bertz CT molecular complexity index is 775. The Balaban J connectivity index is 2.19. The van der Waals surface area contributed by atoms with E-state index in [0.29, 0.717) is 21.7 Å². The van der Waals surface area contributed by atoms with Gasteiger partial charge in [-0.15, -0.1) is 0 Å². The maximum atomic E-state index is 12.7. The zero-order chi connectivity index (χ0) is 17.7. The molecule has 0 saturated heterocycles. The van der Waals surface area contributed by atoms with E-state index in [1.165, 1.54) is 0 Å². The Morgan fingerprint density at radius 1 is 1.00 bits per heavy atom. The first-order valence-corrected chi connectivity index (χ1v) is 7.93. The Morgan fingerprint density at radius 3 is 2.04 bits per heavy atom. The highest BCUT2D eigenvalue weighted by atomic mass is 35.5. The van der Waals surface area contributed by atoms with Gasteiger partial charge in [0.1, 0.15) is 5.56 Å². The van der Waals surface area contributed by atoms with E-state index >= 15 is 0 Å². The molecule has 0 aromatic heterocycles. The van der Waals surface area contributed by atoms with Crippen LogP contribution in [0.25, 0.3) is 0 Å². The Hall–Kier alpha value is -2.64. The van der Waals surface area contributed by atoms with E-state index in [0.717, 1.165) is 0 Å². The summed E-state index contributed by atoms with van der Waals surface area (Å²) in [6, 6.07) is 14.7. The van der Waals surface area contributed by atoms with Crippen molar-refractivity contribution in [2.75, 3.05) is 0 Å². The number of Topliss-reactive ketones (excluding diaryl/α,β-unsaturated/α-hetero) is 1. The van der Waals surface area contributed by atoms with Crippen LogP contribution < -0.4 is 10.6 Å². The van der Waals surface area contributed by atoms with Gasteiger partial charge in [0, 0.05) is 16.1 Å².